The average molecular weight is 571 g/mol. The van der Waals surface area contributed by atoms with Crippen molar-refractivity contribution in [2.24, 2.45) is 0 Å². The predicted octanol–water partition coefficient (Wildman–Crippen LogP) is 10.3. The quantitative estimate of drug-likeness (QED) is 0.172. The molecule has 8 heteroatoms. The van der Waals surface area contributed by atoms with E-state index in [0.29, 0.717) is 41.5 Å². The van der Waals surface area contributed by atoms with E-state index in [4.69, 9.17) is 16.0 Å². The Kier molecular flexibility index (Phi) is 10.2. The van der Waals surface area contributed by atoms with Crippen LogP contribution in [0.1, 0.15) is 63.2 Å². The Labute approximate surface area is 238 Å². The van der Waals surface area contributed by atoms with Crippen LogP contribution in [0, 0.1) is 24.4 Å². The molecular weight excluding hydrogens is 537 g/mol. The number of hydrogen-bond donors (Lipinski definition) is 1. The molecule has 4 rings (SSSR count). The first-order valence-electron chi connectivity index (χ1n) is 13.7. The van der Waals surface area contributed by atoms with Crippen LogP contribution in [0.5, 0.6) is 0 Å². The van der Waals surface area contributed by atoms with Gasteiger partial charge < -0.3 is 14.6 Å². The summed E-state index contributed by atoms with van der Waals surface area (Å²) in [5.74, 6) is -2.87. The highest BCUT2D eigenvalue weighted by Crippen LogP contribution is 2.37. The Hall–Kier alpha value is -3.45. The second-order valence-electron chi connectivity index (χ2n) is 10.1. The van der Waals surface area contributed by atoms with Gasteiger partial charge in [-0.3, -0.25) is 0 Å². The molecule has 0 spiro atoms. The molecule has 0 fully saturated rings. The Morgan fingerprint density at radius 3 is 2.23 bits per heavy atom. The number of urea groups is 1. The summed E-state index contributed by atoms with van der Waals surface area (Å²) in [6.07, 6.45) is 7.32. The number of anilines is 1. The summed E-state index contributed by atoms with van der Waals surface area (Å²) >= 11 is 6.14. The molecule has 3 aromatic carbocycles. The van der Waals surface area contributed by atoms with E-state index in [1.807, 2.05) is 37.3 Å². The lowest BCUT2D eigenvalue weighted by molar-refractivity contribution is 0.203. The Balaban J connectivity index is 1.63. The van der Waals surface area contributed by atoms with Gasteiger partial charge >= 0.3 is 6.03 Å². The van der Waals surface area contributed by atoms with Gasteiger partial charge in [0.1, 0.15) is 22.8 Å². The second kappa shape index (κ2) is 13.8. The molecule has 0 atom stereocenters. The number of aryl methyl sites for hydroxylation is 1. The van der Waals surface area contributed by atoms with E-state index >= 15 is 0 Å². The van der Waals surface area contributed by atoms with E-state index in [1.54, 1.807) is 12.1 Å². The van der Waals surface area contributed by atoms with Crippen LogP contribution in [0.15, 0.2) is 59.0 Å². The number of nitrogens with zero attached hydrogens (tertiary/aromatic N) is 1. The van der Waals surface area contributed by atoms with Gasteiger partial charge in [0, 0.05) is 34.6 Å². The van der Waals surface area contributed by atoms with E-state index < -0.39 is 29.2 Å². The van der Waals surface area contributed by atoms with E-state index in [9.17, 15) is 18.0 Å². The summed E-state index contributed by atoms with van der Waals surface area (Å²) in [7, 11) is 0. The van der Waals surface area contributed by atoms with Crippen LogP contribution in [0.4, 0.5) is 23.7 Å². The molecule has 40 heavy (non-hydrogen) atoms. The fourth-order valence-electron chi connectivity index (χ4n) is 4.84. The minimum absolute atomic E-state index is 0.0673. The molecule has 0 unspecified atom stereocenters. The molecule has 212 valence electrons. The first-order valence-corrected chi connectivity index (χ1v) is 14.1. The molecule has 4 nitrogen and oxygen atoms in total. The molecular formula is C32H34ClF3N2O2. The fourth-order valence-corrected chi connectivity index (χ4v) is 4.97. The van der Waals surface area contributed by atoms with Crippen molar-refractivity contribution in [3.63, 3.8) is 0 Å². The number of rotatable bonds is 12. The topological polar surface area (TPSA) is 45.5 Å². The first-order chi connectivity index (χ1) is 19.3. The van der Waals surface area contributed by atoms with E-state index in [2.05, 4.69) is 12.2 Å². The minimum atomic E-state index is -1.18. The number of amides is 2. The monoisotopic (exact) mass is 570 g/mol. The van der Waals surface area contributed by atoms with Gasteiger partial charge in [-0.05, 0) is 43.2 Å². The van der Waals surface area contributed by atoms with Crippen LogP contribution in [0.25, 0.3) is 22.1 Å². The normalized spacial score (nSPS) is 11.2. The van der Waals surface area contributed by atoms with Gasteiger partial charge in [0.15, 0.2) is 11.6 Å². The van der Waals surface area contributed by atoms with Gasteiger partial charge in [0.2, 0.25) is 0 Å². The summed E-state index contributed by atoms with van der Waals surface area (Å²) < 4.78 is 48.4. The molecule has 0 saturated carbocycles. The number of unbranched alkanes of at least 4 members (excludes halogenated alkanes) is 6. The number of carbonyl (C=O) groups excluding carboxylic acids is 1. The average Bonchev–Trinajstić information content (AvgIpc) is 3.26. The molecule has 1 heterocycles. The summed E-state index contributed by atoms with van der Waals surface area (Å²) in [5.41, 5.74) is 2.73. The number of fused-ring (bicyclic) bond motifs is 1. The second-order valence-corrected chi connectivity index (χ2v) is 10.6. The molecule has 0 aliphatic carbocycles. The minimum Gasteiger partial charge on any atom is -0.459 e. The van der Waals surface area contributed by atoms with Gasteiger partial charge in [-0.25, -0.2) is 18.0 Å². The zero-order chi connectivity index (χ0) is 28.6. The largest absolute Gasteiger partial charge is 0.459 e. The third-order valence-electron chi connectivity index (χ3n) is 6.94. The summed E-state index contributed by atoms with van der Waals surface area (Å²) in [6.45, 7) is 4.57. The van der Waals surface area contributed by atoms with Gasteiger partial charge in [-0.1, -0.05) is 80.8 Å². The van der Waals surface area contributed by atoms with Crippen LogP contribution >= 0.6 is 11.6 Å². The number of nitrogens with one attached hydrogen (secondary N) is 1. The van der Waals surface area contributed by atoms with Crippen molar-refractivity contribution in [1.82, 2.24) is 4.90 Å². The van der Waals surface area contributed by atoms with Crippen molar-refractivity contribution < 1.29 is 22.4 Å². The standard InChI is InChI=1S/C32H34ClF3N2O2/c1-3-4-5-6-7-8-9-16-38(32(39)37-31-26(35)18-24(34)19-27(31)36)20-29-30(22-11-13-23(33)14-12-22)25-17-21(2)10-15-28(25)40-29/h10-15,17-19H,3-9,16,20H2,1-2H3,(H,37,39). The molecule has 2 amide bonds. The molecule has 0 aliphatic rings. The number of benzene rings is 3. The molecule has 4 aromatic rings. The van der Waals surface area contributed by atoms with Gasteiger partial charge in [-0.15, -0.1) is 0 Å². The maximum Gasteiger partial charge on any atom is 0.322 e. The highest BCUT2D eigenvalue weighted by molar-refractivity contribution is 6.30. The van der Waals surface area contributed by atoms with Crippen molar-refractivity contribution in [3.8, 4) is 11.1 Å². The molecule has 0 bridgehead atoms. The lowest BCUT2D eigenvalue weighted by Gasteiger charge is -2.23. The SMILES string of the molecule is CCCCCCCCCN(Cc1oc2ccc(C)cc2c1-c1ccc(Cl)cc1)C(=O)Nc1c(F)cc(F)cc1F. The van der Waals surface area contributed by atoms with Crippen molar-refractivity contribution in [2.45, 2.75) is 65.3 Å². The number of furan rings is 1. The van der Waals surface area contributed by atoms with E-state index in [-0.39, 0.29) is 6.54 Å². The van der Waals surface area contributed by atoms with E-state index in [0.717, 1.165) is 47.8 Å². The van der Waals surface area contributed by atoms with E-state index in [1.165, 1.54) is 17.7 Å². The van der Waals surface area contributed by atoms with Gasteiger partial charge in [-0.2, -0.15) is 0 Å². The fraction of sp³-hybridized carbons (Fsp3) is 0.344. The van der Waals surface area contributed by atoms with Crippen molar-refractivity contribution in [3.05, 3.63) is 88.4 Å². The van der Waals surface area contributed by atoms with Crippen LogP contribution < -0.4 is 5.32 Å². The molecule has 0 saturated heterocycles. The number of hydrogen-bond acceptors (Lipinski definition) is 2. The maximum atomic E-state index is 14.4. The highest BCUT2D eigenvalue weighted by atomic mass is 35.5. The van der Waals surface area contributed by atoms with Crippen LogP contribution in [-0.4, -0.2) is 17.5 Å². The predicted molar refractivity (Wildman–Crippen MR) is 155 cm³/mol. The highest BCUT2D eigenvalue weighted by Gasteiger charge is 2.24. The van der Waals surface area contributed by atoms with Crippen molar-refractivity contribution in [2.75, 3.05) is 11.9 Å². The third-order valence-corrected chi connectivity index (χ3v) is 7.19. The Bertz CT molecular complexity index is 1430. The zero-order valence-corrected chi connectivity index (χ0v) is 23.6. The summed E-state index contributed by atoms with van der Waals surface area (Å²) in [4.78, 5) is 14.9. The third kappa shape index (κ3) is 7.39. The van der Waals surface area contributed by atoms with Gasteiger partial charge in [0.05, 0.1) is 6.54 Å². The van der Waals surface area contributed by atoms with Crippen LogP contribution in [0.2, 0.25) is 5.02 Å². The molecule has 1 N–H and O–H groups in total. The van der Waals surface area contributed by atoms with Crippen LogP contribution in [-0.2, 0) is 6.54 Å². The lowest BCUT2D eigenvalue weighted by Crippen LogP contribution is -2.36. The van der Waals surface area contributed by atoms with Crippen LogP contribution in [0.3, 0.4) is 0 Å². The maximum absolute atomic E-state index is 14.4. The summed E-state index contributed by atoms with van der Waals surface area (Å²) in [5, 5.41) is 3.80. The molecule has 1 aromatic heterocycles. The van der Waals surface area contributed by atoms with Crippen molar-refractivity contribution >= 4 is 34.3 Å². The number of halogens is 4. The lowest BCUT2D eigenvalue weighted by atomic mass is 10.0. The smallest absolute Gasteiger partial charge is 0.322 e. The Morgan fingerprint density at radius 2 is 1.55 bits per heavy atom. The summed E-state index contributed by atoms with van der Waals surface area (Å²) in [6, 6.07) is 13.6. The molecule has 0 radical (unpaired) electrons. The van der Waals surface area contributed by atoms with Gasteiger partial charge in [0.25, 0.3) is 0 Å². The van der Waals surface area contributed by atoms with Crippen molar-refractivity contribution in [1.29, 1.82) is 0 Å². The first kappa shape index (κ1) is 29.5. The zero-order valence-electron chi connectivity index (χ0n) is 22.8. The number of carbonyl (C=O) groups is 1. The Morgan fingerprint density at radius 1 is 0.900 bits per heavy atom. The molecule has 0 aliphatic heterocycles.